The molecule has 2 rings (SSSR count). The molecule has 0 radical (unpaired) electrons. The van der Waals surface area contributed by atoms with Gasteiger partial charge in [-0.1, -0.05) is 30.7 Å². The molecule has 3 heteroatoms. The van der Waals surface area contributed by atoms with Crippen molar-refractivity contribution in [3.63, 3.8) is 0 Å². The summed E-state index contributed by atoms with van der Waals surface area (Å²) in [7, 11) is -0.909. The van der Waals surface area contributed by atoms with Crippen LogP contribution in [0.25, 0.3) is 0 Å². The van der Waals surface area contributed by atoms with Crippen LogP contribution < -0.4 is 0 Å². The highest BCUT2D eigenvalue weighted by Gasteiger charge is 2.31. The van der Waals surface area contributed by atoms with Gasteiger partial charge in [-0.3, -0.25) is 4.21 Å². The van der Waals surface area contributed by atoms with E-state index in [-0.39, 0.29) is 11.2 Å². The number of rotatable bonds is 3. The highest BCUT2D eigenvalue weighted by Crippen LogP contribution is 2.30. The molecule has 1 saturated carbocycles. The van der Waals surface area contributed by atoms with Crippen molar-refractivity contribution < 1.29 is 4.21 Å². The Labute approximate surface area is 105 Å². The van der Waals surface area contributed by atoms with Crippen LogP contribution in [-0.4, -0.2) is 9.46 Å². The maximum atomic E-state index is 12.3. The summed E-state index contributed by atoms with van der Waals surface area (Å²) in [5.41, 5.74) is 2.33. The van der Waals surface area contributed by atoms with Gasteiger partial charge in [0.25, 0.3) is 0 Å². The van der Waals surface area contributed by atoms with E-state index in [1.54, 1.807) is 0 Å². The number of nitriles is 1. The topological polar surface area (TPSA) is 40.9 Å². The molecule has 0 aromatic heterocycles. The van der Waals surface area contributed by atoms with Crippen molar-refractivity contribution in [1.82, 2.24) is 0 Å². The van der Waals surface area contributed by atoms with Gasteiger partial charge in [0.2, 0.25) is 0 Å². The van der Waals surface area contributed by atoms with Gasteiger partial charge in [0.1, 0.15) is 0 Å². The van der Waals surface area contributed by atoms with Crippen LogP contribution in [0.5, 0.6) is 0 Å². The first-order valence-corrected chi connectivity index (χ1v) is 7.42. The molecule has 0 N–H and O–H groups in total. The molecule has 0 aliphatic heterocycles. The number of hydrogen-bond donors (Lipinski definition) is 0. The Morgan fingerprint density at radius 3 is 2.88 bits per heavy atom. The van der Waals surface area contributed by atoms with E-state index < -0.39 is 10.8 Å². The van der Waals surface area contributed by atoms with Gasteiger partial charge in [0, 0.05) is 16.6 Å². The maximum Gasteiger partial charge on any atom is 0.0668 e. The standard InChI is InChI=1S/C14H17NOS/c1-11-5-2-3-6-13(11)10-17(16)14-8-4-7-12(14)9-15/h2-3,5-6,12,14H,4,7-8,10H2,1H3. The molecular weight excluding hydrogens is 230 g/mol. The van der Waals surface area contributed by atoms with Gasteiger partial charge in [0.15, 0.2) is 0 Å². The van der Waals surface area contributed by atoms with E-state index in [9.17, 15) is 4.21 Å². The first-order chi connectivity index (χ1) is 8.22. The van der Waals surface area contributed by atoms with Gasteiger partial charge >= 0.3 is 0 Å². The summed E-state index contributed by atoms with van der Waals surface area (Å²) in [6.45, 7) is 2.04. The van der Waals surface area contributed by atoms with Crippen molar-refractivity contribution in [3.05, 3.63) is 35.4 Å². The Kier molecular flexibility index (Phi) is 3.96. The average Bonchev–Trinajstić information content (AvgIpc) is 2.80. The Balaban J connectivity index is 2.07. The van der Waals surface area contributed by atoms with Crippen molar-refractivity contribution in [2.75, 3.05) is 0 Å². The van der Waals surface area contributed by atoms with Gasteiger partial charge in [-0.15, -0.1) is 0 Å². The second-order valence-electron chi connectivity index (χ2n) is 4.66. The lowest BCUT2D eigenvalue weighted by molar-refractivity contribution is 0.645. The minimum Gasteiger partial charge on any atom is -0.259 e. The van der Waals surface area contributed by atoms with Gasteiger partial charge in [-0.25, -0.2) is 0 Å². The minimum absolute atomic E-state index is 0.000137. The molecule has 17 heavy (non-hydrogen) atoms. The van der Waals surface area contributed by atoms with Crippen LogP contribution in [0.1, 0.15) is 30.4 Å². The first kappa shape index (κ1) is 12.3. The molecule has 0 amide bonds. The van der Waals surface area contributed by atoms with Crippen molar-refractivity contribution in [3.8, 4) is 6.07 Å². The molecule has 0 spiro atoms. The van der Waals surface area contributed by atoms with Gasteiger partial charge in [-0.2, -0.15) is 5.26 Å². The second kappa shape index (κ2) is 5.46. The molecule has 1 aliphatic carbocycles. The molecule has 90 valence electrons. The van der Waals surface area contributed by atoms with Gasteiger partial charge in [0.05, 0.1) is 17.2 Å². The summed E-state index contributed by atoms with van der Waals surface area (Å²) in [5.74, 6) is 0.593. The van der Waals surface area contributed by atoms with E-state index in [4.69, 9.17) is 5.26 Å². The molecule has 1 aromatic carbocycles. The zero-order valence-electron chi connectivity index (χ0n) is 10.1. The number of benzene rings is 1. The molecule has 3 unspecified atom stereocenters. The predicted molar refractivity (Wildman–Crippen MR) is 69.8 cm³/mol. The highest BCUT2D eigenvalue weighted by atomic mass is 32.2. The third-order valence-electron chi connectivity index (χ3n) is 3.52. The van der Waals surface area contributed by atoms with E-state index in [1.165, 1.54) is 5.56 Å². The normalized spacial score (nSPS) is 25.4. The summed E-state index contributed by atoms with van der Waals surface area (Å²) < 4.78 is 12.3. The molecular formula is C14H17NOS. The van der Waals surface area contributed by atoms with Crippen LogP contribution in [0.2, 0.25) is 0 Å². The van der Waals surface area contributed by atoms with E-state index in [0.717, 1.165) is 24.8 Å². The molecule has 2 nitrogen and oxygen atoms in total. The van der Waals surface area contributed by atoms with Crippen LogP contribution in [0.15, 0.2) is 24.3 Å². The zero-order chi connectivity index (χ0) is 12.3. The predicted octanol–water partition coefficient (Wildman–Crippen LogP) is 2.94. The third-order valence-corrected chi connectivity index (χ3v) is 5.35. The SMILES string of the molecule is Cc1ccccc1CS(=O)C1CCCC1C#N. The number of aryl methyl sites for hydroxylation is 1. The largest absolute Gasteiger partial charge is 0.259 e. The lowest BCUT2D eigenvalue weighted by Crippen LogP contribution is -2.20. The van der Waals surface area contributed by atoms with Crippen LogP contribution in [0, 0.1) is 24.2 Å². The fourth-order valence-electron chi connectivity index (χ4n) is 2.42. The Morgan fingerprint density at radius 2 is 2.18 bits per heavy atom. The minimum atomic E-state index is -0.909. The summed E-state index contributed by atoms with van der Waals surface area (Å²) in [6, 6.07) is 10.4. The smallest absolute Gasteiger partial charge is 0.0668 e. The van der Waals surface area contributed by atoms with E-state index in [0.29, 0.717) is 5.75 Å². The Hall–Kier alpha value is -1.14. The van der Waals surface area contributed by atoms with E-state index in [2.05, 4.69) is 6.07 Å². The molecule has 0 heterocycles. The molecule has 1 aliphatic rings. The van der Waals surface area contributed by atoms with Crippen LogP contribution >= 0.6 is 0 Å². The molecule has 0 bridgehead atoms. The summed E-state index contributed by atoms with van der Waals surface area (Å²) in [5, 5.41) is 9.10. The second-order valence-corrected chi connectivity index (χ2v) is 6.31. The van der Waals surface area contributed by atoms with Crippen LogP contribution in [0.3, 0.4) is 0 Å². The average molecular weight is 247 g/mol. The summed E-state index contributed by atoms with van der Waals surface area (Å²) >= 11 is 0. The van der Waals surface area contributed by atoms with E-state index >= 15 is 0 Å². The van der Waals surface area contributed by atoms with Gasteiger partial charge < -0.3 is 0 Å². The fraction of sp³-hybridized carbons (Fsp3) is 0.500. The molecule has 0 saturated heterocycles. The summed E-state index contributed by atoms with van der Waals surface area (Å²) in [4.78, 5) is 0. The lowest BCUT2D eigenvalue weighted by Gasteiger charge is -2.14. The van der Waals surface area contributed by atoms with Crippen LogP contribution in [-0.2, 0) is 16.6 Å². The summed E-state index contributed by atoms with van der Waals surface area (Å²) in [6.07, 6.45) is 2.90. The third kappa shape index (κ3) is 2.76. The molecule has 1 fully saturated rings. The lowest BCUT2D eigenvalue weighted by atomic mass is 10.1. The fourth-order valence-corrected chi connectivity index (χ4v) is 4.26. The van der Waals surface area contributed by atoms with Crippen molar-refractivity contribution in [1.29, 1.82) is 5.26 Å². The molecule has 3 atom stereocenters. The van der Waals surface area contributed by atoms with Crippen molar-refractivity contribution >= 4 is 10.8 Å². The Bertz CT molecular complexity index is 464. The van der Waals surface area contributed by atoms with Crippen molar-refractivity contribution in [2.45, 2.75) is 37.2 Å². The Morgan fingerprint density at radius 1 is 1.41 bits per heavy atom. The maximum absolute atomic E-state index is 12.3. The number of nitrogens with zero attached hydrogens (tertiary/aromatic N) is 1. The van der Waals surface area contributed by atoms with Gasteiger partial charge in [-0.05, 0) is 30.9 Å². The molecule has 1 aromatic rings. The first-order valence-electron chi connectivity index (χ1n) is 6.03. The quantitative estimate of drug-likeness (QED) is 0.824. The highest BCUT2D eigenvalue weighted by molar-refractivity contribution is 7.84. The van der Waals surface area contributed by atoms with Crippen LogP contribution in [0.4, 0.5) is 0 Å². The monoisotopic (exact) mass is 247 g/mol. The van der Waals surface area contributed by atoms with E-state index in [1.807, 2.05) is 31.2 Å². The number of hydrogen-bond acceptors (Lipinski definition) is 2. The zero-order valence-corrected chi connectivity index (χ0v) is 10.9. The van der Waals surface area contributed by atoms with Crippen molar-refractivity contribution in [2.24, 2.45) is 5.92 Å².